The number of hydrogen-bond donors (Lipinski definition) is 0. The molecule has 0 heterocycles. The minimum Gasteiger partial charge on any atom is -0.589 e. The summed E-state index contributed by atoms with van der Waals surface area (Å²) >= 11 is -1.01. The molecule has 0 spiro atoms. The Bertz CT molecular complexity index is 568. The van der Waals surface area contributed by atoms with E-state index >= 15 is 0 Å². The quantitative estimate of drug-likeness (QED) is 0.0432. The van der Waals surface area contributed by atoms with Crippen molar-refractivity contribution in [2.24, 2.45) is 0 Å². The molecule has 0 atom stereocenters. The molecule has 0 aromatic carbocycles. The lowest BCUT2D eigenvalue weighted by molar-refractivity contribution is -0.139. The summed E-state index contributed by atoms with van der Waals surface area (Å²) in [4.78, 5) is 23.7. The largest absolute Gasteiger partial charge is 0.885 e. The zero-order valence-electron chi connectivity index (χ0n) is 27.8. The molecule has 0 aromatic rings. The summed E-state index contributed by atoms with van der Waals surface area (Å²) in [5.74, 6) is -0.460. The molecule has 5 nitrogen and oxygen atoms in total. The minimum atomic E-state index is -1.01. The van der Waals surface area contributed by atoms with Gasteiger partial charge in [0.1, 0.15) is 0 Å². The second-order valence-electron chi connectivity index (χ2n) is 11.7. The van der Waals surface area contributed by atoms with Crippen LogP contribution in [0.4, 0.5) is 0 Å². The van der Waals surface area contributed by atoms with E-state index in [1.807, 2.05) is 0 Å². The van der Waals surface area contributed by atoms with E-state index in [1.54, 1.807) is 0 Å². The van der Waals surface area contributed by atoms with E-state index in [0.717, 1.165) is 38.5 Å². The van der Waals surface area contributed by atoms with Gasteiger partial charge in [-0.1, -0.05) is 141 Å². The van der Waals surface area contributed by atoms with Crippen molar-refractivity contribution >= 4 is 27.8 Å². The maximum absolute atomic E-state index is 11.9. The smallest absolute Gasteiger partial charge is 0.589 e. The monoisotopic (exact) mass is 607 g/mol. The average Bonchev–Trinajstić information content (AvgIpc) is 2.97. The number of carbonyl (C=O) groups excluding carboxylic acids is 2. The van der Waals surface area contributed by atoms with Gasteiger partial charge in [0.15, 0.2) is 0 Å². The summed E-state index contributed by atoms with van der Waals surface area (Å²) in [5, 5.41) is 0. The van der Waals surface area contributed by atoms with Crippen LogP contribution in [-0.2, 0) is 17.2 Å². The lowest BCUT2D eigenvalue weighted by Crippen LogP contribution is -2.15. The highest BCUT2D eigenvalue weighted by Gasteiger charge is 2.13. The molecule has 6 heteroatoms. The Kier molecular flexibility index (Phi) is 38.9. The molecule has 1 radical (unpaired) electrons. The van der Waals surface area contributed by atoms with Crippen LogP contribution in [0, 0.1) is 0 Å². The molecule has 0 rings (SSSR count). The van der Waals surface area contributed by atoms with Crippen molar-refractivity contribution in [3.63, 3.8) is 0 Å². The number of unbranched alkanes of at least 4 members (excludes halogenated alkanes) is 22. The highest BCUT2D eigenvalue weighted by atomic mass is 27.2. The van der Waals surface area contributed by atoms with Crippen LogP contribution in [0.3, 0.4) is 0 Å². The molecule has 0 aliphatic carbocycles. The predicted octanol–water partition coefficient (Wildman–Crippen LogP) is 10.9. The first-order valence-corrected chi connectivity index (χ1v) is 18.7. The van der Waals surface area contributed by atoms with E-state index in [4.69, 9.17) is 7.58 Å². The molecule has 0 saturated carbocycles. The normalized spacial score (nSPS) is 11.2. The van der Waals surface area contributed by atoms with Crippen molar-refractivity contribution < 1.29 is 22.6 Å². The zero-order chi connectivity index (χ0) is 29.9. The molecule has 0 aliphatic rings. The fourth-order valence-electron chi connectivity index (χ4n) is 4.93. The van der Waals surface area contributed by atoms with E-state index in [9.17, 15) is 9.59 Å². The molecule has 0 aromatic heterocycles. The Hall–Kier alpha value is -1.09. The van der Waals surface area contributed by atoms with Crippen molar-refractivity contribution in [2.75, 3.05) is 0 Å². The van der Waals surface area contributed by atoms with Crippen LogP contribution in [0.15, 0.2) is 24.3 Å². The Balaban J connectivity index is 0. The van der Waals surface area contributed by atoms with Gasteiger partial charge in [-0.15, -0.1) is 0 Å². The SMILES string of the molecule is CCCCCCCCC=CCCCCCCCC(=O)[O][Al][O]C(=O)CCCCCCCC=CCCCCCCCC.O. The van der Waals surface area contributed by atoms with Crippen LogP contribution in [0.5, 0.6) is 0 Å². The fourth-order valence-corrected chi connectivity index (χ4v) is 5.43. The van der Waals surface area contributed by atoms with Crippen LogP contribution < -0.4 is 0 Å². The fraction of sp³-hybridized carbons (Fsp3) is 0.833. The molecule has 245 valence electrons. The van der Waals surface area contributed by atoms with Gasteiger partial charge in [0.25, 0.3) is 11.9 Å². The van der Waals surface area contributed by atoms with E-state index in [0.29, 0.717) is 12.8 Å². The molecular formula is C36H68AlO5. The van der Waals surface area contributed by atoms with E-state index in [1.165, 1.54) is 128 Å². The van der Waals surface area contributed by atoms with Gasteiger partial charge in [-0.2, -0.15) is 0 Å². The van der Waals surface area contributed by atoms with Gasteiger partial charge in [-0.05, 0) is 64.2 Å². The van der Waals surface area contributed by atoms with Gasteiger partial charge in [0.2, 0.25) is 0 Å². The summed E-state index contributed by atoms with van der Waals surface area (Å²) in [6, 6.07) is 0. The number of allylic oxidation sites excluding steroid dienone is 4. The van der Waals surface area contributed by atoms with Crippen LogP contribution in [0.25, 0.3) is 0 Å². The summed E-state index contributed by atoms with van der Waals surface area (Å²) in [5.41, 5.74) is 0. The van der Waals surface area contributed by atoms with Gasteiger partial charge < -0.3 is 13.1 Å². The molecule has 0 bridgehead atoms. The van der Waals surface area contributed by atoms with Crippen molar-refractivity contribution in [1.82, 2.24) is 0 Å². The van der Waals surface area contributed by atoms with Crippen molar-refractivity contribution in [3.05, 3.63) is 24.3 Å². The van der Waals surface area contributed by atoms with E-state index < -0.39 is 15.9 Å². The Morgan fingerprint density at radius 1 is 0.429 bits per heavy atom. The first-order valence-electron chi connectivity index (χ1n) is 17.7. The second kappa shape index (κ2) is 37.9. The van der Waals surface area contributed by atoms with Crippen molar-refractivity contribution in [2.45, 2.75) is 194 Å². The van der Waals surface area contributed by atoms with Crippen LogP contribution in [0.2, 0.25) is 0 Å². The van der Waals surface area contributed by atoms with Gasteiger partial charge in [0.05, 0.1) is 0 Å². The highest BCUT2D eigenvalue weighted by Crippen LogP contribution is 2.12. The van der Waals surface area contributed by atoms with E-state index in [-0.39, 0.29) is 17.4 Å². The molecule has 0 aliphatic heterocycles. The summed E-state index contributed by atoms with van der Waals surface area (Å²) in [7, 11) is 0. The summed E-state index contributed by atoms with van der Waals surface area (Å²) < 4.78 is 10.3. The predicted molar refractivity (Wildman–Crippen MR) is 180 cm³/mol. The van der Waals surface area contributed by atoms with E-state index in [2.05, 4.69) is 38.2 Å². The molecule has 2 N–H and O–H groups in total. The Labute approximate surface area is 267 Å². The molecule has 0 saturated heterocycles. The Morgan fingerprint density at radius 3 is 1.00 bits per heavy atom. The molecular weight excluding hydrogens is 539 g/mol. The number of rotatable bonds is 32. The van der Waals surface area contributed by atoms with Crippen molar-refractivity contribution in [1.29, 1.82) is 0 Å². The number of hydrogen-bond acceptors (Lipinski definition) is 4. The topological polar surface area (TPSA) is 84.1 Å². The molecule has 42 heavy (non-hydrogen) atoms. The van der Waals surface area contributed by atoms with Crippen LogP contribution in [0.1, 0.15) is 194 Å². The standard InChI is InChI=1S/2C18H34O2.Al.H2O/c2*1-2-3-4-5-6-7-8-9-10-11-12-13-14-15-16-17-18(19)20;;/h2*9-10H,2-8,11-17H2,1H3,(H,19,20);;1H2/q;;+2;/p-2. The van der Waals surface area contributed by atoms with Gasteiger partial charge >= 0.3 is 15.9 Å². The lowest BCUT2D eigenvalue weighted by Gasteiger charge is -2.06. The first kappa shape index (κ1) is 43.0. The van der Waals surface area contributed by atoms with Gasteiger partial charge in [-0.25, -0.2) is 0 Å². The molecule has 0 unspecified atom stereocenters. The van der Waals surface area contributed by atoms with Gasteiger partial charge in [-0.3, -0.25) is 9.59 Å². The van der Waals surface area contributed by atoms with Gasteiger partial charge in [0, 0.05) is 12.8 Å². The third-order valence-electron chi connectivity index (χ3n) is 7.64. The maximum Gasteiger partial charge on any atom is 0.885 e. The molecule has 0 fully saturated rings. The minimum absolute atomic E-state index is 0. The summed E-state index contributed by atoms with van der Waals surface area (Å²) in [6.45, 7) is 4.53. The summed E-state index contributed by atoms with van der Waals surface area (Å²) in [6.07, 6.45) is 42.4. The second-order valence-corrected chi connectivity index (χ2v) is 12.4. The average molecular weight is 608 g/mol. The lowest BCUT2D eigenvalue weighted by atomic mass is 10.1. The third kappa shape index (κ3) is 36.9. The van der Waals surface area contributed by atoms with Crippen molar-refractivity contribution in [3.8, 4) is 0 Å². The third-order valence-corrected chi connectivity index (χ3v) is 8.36. The number of carbonyl (C=O) groups is 2. The zero-order valence-corrected chi connectivity index (χ0v) is 29.0. The van der Waals surface area contributed by atoms with Crippen LogP contribution >= 0.6 is 0 Å². The molecule has 0 amide bonds. The van der Waals surface area contributed by atoms with Crippen LogP contribution in [-0.4, -0.2) is 33.3 Å². The highest BCUT2D eigenvalue weighted by molar-refractivity contribution is 6.25. The first-order chi connectivity index (χ1) is 20.2. The maximum atomic E-state index is 11.9. The Morgan fingerprint density at radius 2 is 0.690 bits per heavy atom.